The van der Waals surface area contributed by atoms with Crippen molar-refractivity contribution in [3.05, 3.63) is 35.9 Å². The third kappa shape index (κ3) is 7.41. The van der Waals surface area contributed by atoms with Crippen LogP contribution >= 0.6 is 0 Å². The maximum Gasteiger partial charge on any atom is 0.328 e. The molecule has 9 heteroatoms. The van der Waals surface area contributed by atoms with Crippen molar-refractivity contribution < 1.29 is 22.7 Å². The van der Waals surface area contributed by atoms with Crippen molar-refractivity contribution in [2.24, 2.45) is 5.92 Å². The number of ether oxygens (including phenoxy) is 1. The Hall–Kier alpha value is -1.97. The molecule has 162 valence electrons. The topological polar surface area (TPSA) is 96.0 Å². The van der Waals surface area contributed by atoms with Crippen LogP contribution in [0.5, 0.6) is 0 Å². The molecule has 1 atom stereocenters. The molecule has 1 aliphatic heterocycles. The highest BCUT2D eigenvalue weighted by Gasteiger charge is 2.29. The van der Waals surface area contributed by atoms with Crippen LogP contribution in [0.4, 0.5) is 0 Å². The van der Waals surface area contributed by atoms with Crippen LogP contribution in [0.1, 0.15) is 25.8 Å². The van der Waals surface area contributed by atoms with Crippen LogP contribution in [0.2, 0.25) is 0 Å². The average molecular weight is 426 g/mol. The second kappa shape index (κ2) is 10.7. The molecule has 2 rings (SSSR count). The van der Waals surface area contributed by atoms with Gasteiger partial charge in [0.1, 0.15) is 6.04 Å². The van der Waals surface area contributed by atoms with Gasteiger partial charge in [-0.05, 0) is 17.9 Å². The average Bonchev–Trinajstić information content (AvgIpc) is 2.67. The molecule has 1 aromatic rings. The highest BCUT2D eigenvalue weighted by molar-refractivity contribution is 7.88. The molecule has 1 amide bonds. The van der Waals surface area contributed by atoms with Crippen LogP contribution in [0, 0.1) is 5.92 Å². The molecule has 0 bridgehead atoms. The number of benzene rings is 1. The summed E-state index contributed by atoms with van der Waals surface area (Å²) in [6.07, 6.45) is 0.504. The zero-order chi connectivity index (χ0) is 21.4. The number of hydrogen-bond acceptors (Lipinski definition) is 6. The van der Waals surface area contributed by atoms with Crippen molar-refractivity contribution >= 4 is 21.9 Å². The minimum Gasteiger partial charge on any atom is -0.467 e. The van der Waals surface area contributed by atoms with Gasteiger partial charge < -0.3 is 10.1 Å². The van der Waals surface area contributed by atoms with E-state index < -0.39 is 22.0 Å². The number of methoxy groups -OCH3 is 1. The van der Waals surface area contributed by atoms with Gasteiger partial charge in [-0.15, -0.1) is 0 Å². The van der Waals surface area contributed by atoms with E-state index in [2.05, 4.69) is 5.32 Å². The zero-order valence-electron chi connectivity index (χ0n) is 17.3. The van der Waals surface area contributed by atoms with E-state index in [1.807, 2.05) is 36.9 Å². The molecule has 1 aliphatic rings. The third-order valence-corrected chi connectivity index (χ3v) is 6.66. The van der Waals surface area contributed by atoms with Gasteiger partial charge in [0.15, 0.2) is 0 Å². The molecule has 1 saturated heterocycles. The quantitative estimate of drug-likeness (QED) is 0.589. The Morgan fingerprint density at radius 2 is 1.72 bits per heavy atom. The highest BCUT2D eigenvalue weighted by Crippen LogP contribution is 2.13. The van der Waals surface area contributed by atoms with Crippen LogP contribution in [-0.4, -0.2) is 75.4 Å². The maximum absolute atomic E-state index is 12.6. The van der Waals surface area contributed by atoms with E-state index in [9.17, 15) is 18.0 Å². The number of rotatable bonds is 9. The van der Waals surface area contributed by atoms with Gasteiger partial charge in [-0.25, -0.2) is 13.2 Å². The summed E-state index contributed by atoms with van der Waals surface area (Å²) in [5.74, 6) is -0.507. The summed E-state index contributed by atoms with van der Waals surface area (Å²) in [5.41, 5.74) is 0.758. The zero-order valence-corrected chi connectivity index (χ0v) is 18.2. The monoisotopic (exact) mass is 425 g/mol. The van der Waals surface area contributed by atoms with Crippen molar-refractivity contribution in [2.75, 3.05) is 39.8 Å². The lowest BCUT2D eigenvalue weighted by Gasteiger charge is -2.33. The van der Waals surface area contributed by atoms with Gasteiger partial charge in [-0.3, -0.25) is 9.69 Å². The van der Waals surface area contributed by atoms with Crippen LogP contribution in [-0.2, 0) is 30.1 Å². The number of carbonyl (C=O) groups is 2. The summed E-state index contributed by atoms with van der Waals surface area (Å²) in [4.78, 5) is 26.1. The third-order valence-electron chi connectivity index (χ3n) is 4.81. The number of amides is 1. The van der Waals surface area contributed by atoms with Gasteiger partial charge in [0.25, 0.3) is 0 Å². The molecule has 0 aromatic heterocycles. The maximum atomic E-state index is 12.6. The molecule has 29 heavy (non-hydrogen) atoms. The molecular weight excluding hydrogens is 394 g/mol. The Morgan fingerprint density at radius 3 is 2.28 bits per heavy atom. The SMILES string of the molecule is COC(=O)[C@H](CC(C)C)NC(=O)CN1CCN(S(=O)(=O)Cc2ccccc2)CC1. The summed E-state index contributed by atoms with van der Waals surface area (Å²) in [6.45, 7) is 5.68. The molecule has 0 unspecified atom stereocenters. The fourth-order valence-electron chi connectivity index (χ4n) is 3.31. The van der Waals surface area contributed by atoms with Crippen molar-refractivity contribution in [2.45, 2.75) is 32.1 Å². The molecular formula is C20H31N3O5S. The first-order chi connectivity index (χ1) is 13.7. The van der Waals surface area contributed by atoms with Gasteiger partial charge in [-0.1, -0.05) is 44.2 Å². The van der Waals surface area contributed by atoms with E-state index in [1.54, 1.807) is 12.1 Å². The van der Waals surface area contributed by atoms with Gasteiger partial charge in [0.2, 0.25) is 15.9 Å². The van der Waals surface area contributed by atoms with Crippen molar-refractivity contribution in [1.29, 1.82) is 0 Å². The Balaban J connectivity index is 1.84. The lowest BCUT2D eigenvalue weighted by molar-refractivity contribution is -0.145. The van der Waals surface area contributed by atoms with E-state index in [0.717, 1.165) is 5.56 Å². The van der Waals surface area contributed by atoms with E-state index in [-0.39, 0.29) is 24.1 Å². The Morgan fingerprint density at radius 1 is 1.10 bits per heavy atom. The van der Waals surface area contributed by atoms with Gasteiger partial charge in [0, 0.05) is 26.2 Å². The summed E-state index contributed by atoms with van der Waals surface area (Å²) in [5, 5.41) is 2.73. The second-order valence-electron chi connectivity index (χ2n) is 7.69. The summed E-state index contributed by atoms with van der Waals surface area (Å²) in [6, 6.07) is 8.43. The molecule has 0 radical (unpaired) electrons. The second-order valence-corrected chi connectivity index (χ2v) is 9.66. The largest absolute Gasteiger partial charge is 0.467 e. The summed E-state index contributed by atoms with van der Waals surface area (Å²) >= 11 is 0. The van der Waals surface area contributed by atoms with Crippen molar-refractivity contribution in [3.8, 4) is 0 Å². The van der Waals surface area contributed by atoms with Crippen LogP contribution in [0.15, 0.2) is 30.3 Å². The first-order valence-electron chi connectivity index (χ1n) is 9.82. The minimum atomic E-state index is -3.39. The predicted octanol–water partition coefficient (Wildman–Crippen LogP) is 0.838. The minimum absolute atomic E-state index is 0.0235. The Labute approximate surface area is 173 Å². The normalized spacial score (nSPS) is 17.1. The van der Waals surface area contributed by atoms with E-state index in [0.29, 0.717) is 32.6 Å². The lowest BCUT2D eigenvalue weighted by Crippen LogP contribution is -2.52. The number of nitrogens with one attached hydrogen (secondary N) is 1. The Bertz CT molecular complexity index is 775. The number of carbonyl (C=O) groups excluding carboxylic acids is 2. The summed E-state index contributed by atoms with van der Waals surface area (Å²) < 4.78 is 31.5. The molecule has 1 N–H and O–H groups in total. The van der Waals surface area contributed by atoms with Crippen molar-refractivity contribution in [1.82, 2.24) is 14.5 Å². The molecule has 8 nitrogen and oxygen atoms in total. The molecule has 0 spiro atoms. The van der Waals surface area contributed by atoms with Gasteiger partial charge in [-0.2, -0.15) is 4.31 Å². The molecule has 1 fully saturated rings. The molecule has 0 saturated carbocycles. The van der Waals surface area contributed by atoms with E-state index in [4.69, 9.17) is 4.74 Å². The van der Waals surface area contributed by atoms with Gasteiger partial charge in [0.05, 0.1) is 19.4 Å². The van der Waals surface area contributed by atoms with E-state index >= 15 is 0 Å². The van der Waals surface area contributed by atoms with Crippen LogP contribution in [0.3, 0.4) is 0 Å². The molecule has 1 heterocycles. The highest BCUT2D eigenvalue weighted by atomic mass is 32.2. The molecule has 1 aromatic carbocycles. The summed E-state index contributed by atoms with van der Waals surface area (Å²) in [7, 11) is -2.09. The Kier molecular flexibility index (Phi) is 8.60. The lowest BCUT2D eigenvalue weighted by atomic mass is 10.0. The number of sulfonamides is 1. The standard InChI is InChI=1S/C20H31N3O5S/c1-16(2)13-18(20(25)28-3)21-19(24)14-22-9-11-23(12-10-22)29(26,27)15-17-7-5-4-6-8-17/h4-8,16,18H,9-15H2,1-3H3,(H,21,24)/t18-/m0/s1. The first-order valence-corrected chi connectivity index (χ1v) is 11.4. The number of esters is 1. The first kappa shape index (κ1) is 23.3. The smallest absolute Gasteiger partial charge is 0.328 e. The number of hydrogen-bond donors (Lipinski definition) is 1. The predicted molar refractivity (Wildman–Crippen MR) is 110 cm³/mol. The van der Waals surface area contributed by atoms with Crippen molar-refractivity contribution in [3.63, 3.8) is 0 Å². The fraction of sp³-hybridized carbons (Fsp3) is 0.600. The number of nitrogens with zero attached hydrogens (tertiary/aromatic N) is 2. The number of piperazine rings is 1. The van der Waals surface area contributed by atoms with Gasteiger partial charge >= 0.3 is 5.97 Å². The van der Waals surface area contributed by atoms with Crippen LogP contribution in [0.25, 0.3) is 0 Å². The fourth-order valence-corrected chi connectivity index (χ4v) is 4.83. The molecule has 0 aliphatic carbocycles. The van der Waals surface area contributed by atoms with Crippen LogP contribution < -0.4 is 5.32 Å². The van der Waals surface area contributed by atoms with E-state index in [1.165, 1.54) is 11.4 Å².